The fourth-order valence-electron chi connectivity index (χ4n) is 1.53. The van der Waals surface area contributed by atoms with Crippen LogP contribution in [-0.4, -0.2) is 13.0 Å². The fourth-order valence-corrected chi connectivity index (χ4v) is 1.93. The predicted molar refractivity (Wildman–Crippen MR) is 75.1 cm³/mol. The van der Waals surface area contributed by atoms with Crippen LogP contribution in [0.4, 0.5) is 5.69 Å². The quantitative estimate of drug-likeness (QED) is 0.939. The van der Waals surface area contributed by atoms with Crippen molar-refractivity contribution in [3.63, 3.8) is 0 Å². The Bertz CT molecular complexity index is 555. The highest BCUT2D eigenvalue weighted by molar-refractivity contribution is 9.10. The summed E-state index contributed by atoms with van der Waals surface area (Å²) in [5.41, 5.74) is 1.32. The minimum absolute atomic E-state index is 0.160. The van der Waals surface area contributed by atoms with Gasteiger partial charge in [0.05, 0.1) is 11.6 Å². The Labute approximate surface area is 114 Å². The first-order chi connectivity index (χ1) is 8.70. The molecule has 0 aliphatic carbocycles. The van der Waals surface area contributed by atoms with Crippen LogP contribution in [0, 0.1) is 0 Å². The van der Waals surface area contributed by atoms with Crippen LogP contribution in [0.3, 0.4) is 0 Å². The zero-order valence-electron chi connectivity index (χ0n) is 9.81. The Morgan fingerprint density at radius 1 is 1.17 bits per heavy atom. The normalized spacial score (nSPS) is 9.89. The molecular formula is C14H12BrNO2. The van der Waals surface area contributed by atoms with Gasteiger partial charge in [0.25, 0.3) is 5.91 Å². The summed E-state index contributed by atoms with van der Waals surface area (Å²) >= 11 is 3.35. The Morgan fingerprint density at radius 3 is 2.56 bits per heavy atom. The summed E-state index contributed by atoms with van der Waals surface area (Å²) in [5, 5.41) is 2.82. The maximum atomic E-state index is 12.0. The van der Waals surface area contributed by atoms with E-state index in [1.165, 1.54) is 0 Å². The van der Waals surface area contributed by atoms with E-state index < -0.39 is 0 Å². The number of halogens is 1. The summed E-state index contributed by atoms with van der Waals surface area (Å²) in [6, 6.07) is 14.6. The van der Waals surface area contributed by atoms with E-state index in [4.69, 9.17) is 4.74 Å². The second-order valence-corrected chi connectivity index (χ2v) is 4.52. The van der Waals surface area contributed by atoms with Crippen LogP contribution in [0.5, 0.6) is 5.75 Å². The highest BCUT2D eigenvalue weighted by Gasteiger charge is 2.09. The Hall–Kier alpha value is -1.81. The van der Waals surface area contributed by atoms with Gasteiger partial charge in [-0.25, -0.2) is 0 Å². The number of methoxy groups -OCH3 is 1. The zero-order chi connectivity index (χ0) is 13.0. The largest absolute Gasteiger partial charge is 0.496 e. The van der Waals surface area contributed by atoms with E-state index in [9.17, 15) is 4.79 Å². The zero-order valence-corrected chi connectivity index (χ0v) is 11.4. The molecule has 4 heteroatoms. The molecule has 0 spiro atoms. The molecule has 92 valence electrons. The molecule has 2 aromatic carbocycles. The van der Waals surface area contributed by atoms with Gasteiger partial charge < -0.3 is 10.1 Å². The maximum Gasteiger partial charge on any atom is 0.255 e. The maximum absolute atomic E-state index is 12.0. The molecule has 0 aliphatic heterocycles. The first-order valence-corrected chi connectivity index (χ1v) is 6.20. The average molecular weight is 306 g/mol. The highest BCUT2D eigenvalue weighted by Crippen LogP contribution is 2.25. The molecular weight excluding hydrogens is 294 g/mol. The molecule has 0 aromatic heterocycles. The first-order valence-electron chi connectivity index (χ1n) is 5.40. The molecule has 2 aromatic rings. The van der Waals surface area contributed by atoms with Crippen molar-refractivity contribution in [1.82, 2.24) is 0 Å². The van der Waals surface area contributed by atoms with Crippen LogP contribution >= 0.6 is 15.9 Å². The SMILES string of the molecule is COc1cc(C(=O)Nc2ccccc2)ccc1Br. The summed E-state index contributed by atoms with van der Waals surface area (Å²) in [7, 11) is 1.57. The van der Waals surface area contributed by atoms with Crippen molar-refractivity contribution in [3.05, 3.63) is 58.6 Å². The molecule has 2 rings (SSSR count). The molecule has 0 unspecified atom stereocenters. The van der Waals surface area contributed by atoms with Crippen molar-refractivity contribution in [2.75, 3.05) is 12.4 Å². The van der Waals surface area contributed by atoms with Crippen LogP contribution < -0.4 is 10.1 Å². The predicted octanol–water partition coefficient (Wildman–Crippen LogP) is 3.71. The van der Waals surface area contributed by atoms with Gasteiger partial charge in [-0.05, 0) is 46.3 Å². The summed E-state index contributed by atoms with van der Waals surface area (Å²) in [6.45, 7) is 0. The van der Waals surface area contributed by atoms with Crippen molar-refractivity contribution >= 4 is 27.5 Å². The number of amides is 1. The lowest BCUT2D eigenvalue weighted by atomic mass is 10.2. The first kappa shape index (κ1) is 12.6. The van der Waals surface area contributed by atoms with Crippen molar-refractivity contribution in [2.45, 2.75) is 0 Å². The molecule has 1 amide bonds. The van der Waals surface area contributed by atoms with Gasteiger partial charge >= 0.3 is 0 Å². The van der Waals surface area contributed by atoms with Gasteiger partial charge in [0.1, 0.15) is 5.75 Å². The number of carbonyl (C=O) groups excluding carboxylic acids is 1. The Kier molecular flexibility index (Phi) is 3.99. The second kappa shape index (κ2) is 5.69. The number of carbonyl (C=O) groups is 1. The molecule has 0 atom stereocenters. The van der Waals surface area contributed by atoms with Crippen molar-refractivity contribution < 1.29 is 9.53 Å². The molecule has 0 aliphatic rings. The van der Waals surface area contributed by atoms with Crippen LogP contribution in [-0.2, 0) is 0 Å². The Morgan fingerprint density at radius 2 is 1.89 bits per heavy atom. The molecule has 0 radical (unpaired) electrons. The number of ether oxygens (including phenoxy) is 1. The average Bonchev–Trinajstić information content (AvgIpc) is 2.40. The van der Waals surface area contributed by atoms with Gasteiger partial charge in [0.2, 0.25) is 0 Å². The van der Waals surface area contributed by atoms with E-state index >= 15 is 0 Å². The summed E-state index contributed by atoms with van der Waals surface area (Å²) in [4.78, 5) is 12.0. The van der Waals surface area contributed by atoms with Gasteiger partial charge in [0, 0.05) is 11.3 Å². The fraction of sp³-hybridized carbons (Fsp3) is 0.0714. The minimum atomic E-state index is -0.160. The standard InChI is InChI=1S/C14H12BrNO2/c1-18-13-9-10(7-8-12(13)15)14(17)16-11-5-3-2-4-6-11/h2-9H,1H3,(H,16,17). The monoisotopic (exact) mass is 305 g/mol. The lowest BCUT2D eigenvalue weighted by molar-refractivity contribution is 0.102. The molecule has 0 saturated carbocycles. The lowest BCUT2D eigenvalue weighted by Gasteiger charge is -2.07. The van der Waals surface area contributed by atoms with Gasteiger partial charge in [-0.1, -0.05) is 18.2 Å². The van der Waals surface area contributed by atoms with Crippen LogP contribution in [0.15, 0.2) is 53.0 Å². The van der Waals surface area contributed by atoms with Crippen LogP contribution in [0.25, 0.3) is 0 Å². The molecule has 0 heterocycles. The van der Waals surface area contributed by atoms with Crippen molar-refractivity contribution in [1.29, 1.82) is 0 Å². The lowest BCUT2D eigenvalue weighted by Crippen LogP contribution is -2.11. The third-order valence-corrected chi connectivity index (χ3v) is 3.10. The van der Waals surface area contributed by atoms with Gasteiger partial charge in [-0.15, -0.1) is 0 Å². The third kappa shape index (κ3) is 2.90. The van der Waals surface area contributed by atoms with Gasteiger partial charge in [-0.3, -0.25) is 4.79 Å². The molecule has 18 heavy (non-hydrogen) atoms. The van der Waals surface area contributed by atoms with Crippen LogP contribution in [0.1, 0.15) is 10.4 Å². The summed E-state index contributed by atoms with van der Waals surface area (Å²) < 4.78 is 5.98. The number of anilines is 1. The number of para-hydroxylation sites is 1. The highest BCUT2D eigenvalue weighted by atomic mass is 79.9. The van der Waals surface area contributed by atoms with Gasteiger partial charge in [-0.2, -0.15) is 0 Å². The van der Waals surface area contributed by atoms with E-state index in [-0.39, 0.29) is 5.91 Å². The number of rotatable bonds is 3. The van der Waals surface area contributed by atoms with E-state index in [1.807, 2.05) is 30.3 Å². The van der Waals surface area contributed by atoms with E-state index in [1.54, 1.807) is 25.3 Å². The van der Waals surface area contributed by atoms with Crippen LogP contribution in [0.2, 0.25) is 0 Å². The van der Waals surface area contributed by atoms with E-state index in [0.29, 0.717) is 11.3 Å². The number of hydrogen-bond donors (Lipinski definition) is 1. The van der Waals surface area contributed by atoms with Crippen molar-refractivity contribution in [2.24, 2.45) is 0 Å². The van der Waals surface area contributed by atoms with E-state index in [2.05, 4.69) is 21.2 Å². The summed E-state index contributed by atoms with van der Waals surface area (Å²) in [5.74, 6) is 0.475. The molecule has 0 saturated heterocycles. The van der Waals surface area contributed by atoms with Gasteiger partial charge in [0.15, 0.2) is 0 Å². The smallest absolute Gasteiger partial charge is 0.255 e. The number of hydrogen-bond acceptors (Lipinski definition) is 2. The number of benzene rings is 2. The summed E-state index contributed by atoms with van der Waals surface area (Å²) in [6.07, 6.45) is 0. The molecule has 1 N–H and O–H groups in total. The molecule has 0 fully saturated rings. The Balaban J connectivity index is 2.19. The minimum Gasteiger partial charge on any atom is -0.496 e. The second-order valence-electron chi connectivity index (χ2n) is 3.67. The van der Waals surface area contributed by atoms with Crippen molar-refractivity contribution in [3.8, 4) is 5.75 Å². The van der Waals surface area contributed by atoms with E-state index in [0.717, 1.165) is 10.2 Å². The molecule has 3 nitrogen and oxygen atoms in total. The topological polar surface area (TPSA) is 38.3 Å². The number of nitrogens with one attached hydrogen (secondary N) is 1. The molecule has 0 bridgehead atoms. The third-order valence-electron chi connectivity index (χ3n) is 2.44.